The van der Waals surface area contributed by atoms with Crippen molar-refractivity contribution in [2.75, 3.05) is 0 Å². The maximum atomic E-state index is 11.2. The minimum absolute atomic E-state index is 0.0295. The lowest BCUT2D eigenvalue weighted by molar-refractivity contribution is -0.144. The number of ether oxygens (including phenoxy) is 1. The van der Waals surface area contributed by atoms with Gasteiger partial charge < -0.3 is 4.74 Å². The summed E-state index contributed by atoms with van der Waals surface area (Å²) in [5.74, 6) is -0.0307. The van der Waals surface area contributed by atoms with Crippen LogP contribution in [-0.2, 0) is 9.53 Å². The van der Waals surface area contributed by atoms with E-state index in [-0.39, 0.29) is 18.0 Å². The SMILES string of the molecule is Cc1ccc([C@@H]2C[C@H](C)C(=O)O2)cc1. The summed E-state index contributed by atoms with van der Waals surface area (Å²) in [5, 5.41) is 0. The van der Waals surface area contributed by atoms with E-state index in [0.29, 0.717) is 0 Å². The molecule has 2 nitrogen and oxygen atoms in total. The molecule has 2 heteroatoms. The van der Waals surface area contributed by atoms with Gasteiger partial charge in [-0.05, 0) is 12.5 Å². The van der Waals surface area contributed by atoms with E-state index in [1.54, 1.807) is 0 Å². The van der Waals surface area contributed by atoms with Crippen LogP contribution in [0.2, 0.25) is 0 Å². The molecular weight excluding hydrogens is 176 g/mol. The number of rotatable bonds is 1. The summed E-state index contributed by atoms with van der Waals surface area (Å²) in [5.41, 5.74) is 2.33. The Morgan fingerprint density at radius 2 is 1.93 bits per heavy atom. The Hall–Kier alpha value is -1.31. The highest BCUT2D eigenvalue weighted by molar-refractivity contribution is 5.74. The maximum absolute atomic E-state index is 11.2. The van der Waals surface area contributed by atoms with Crippen molar-refractivity contribution < 1.29 is 9.53 Å². The fourth-order valence-corrected chi connectivity index (χ4v) is 1.71. The number of carbonyl (C=O) groups excluding carboxylic acids is 1. The quantitative estimate of drug-likeness (QED) is 0.636. The molecule has 74 valence electrons. The number of aryl methyl sites for hydroxylation is 1. The first-order valence-corrected chi connectivity index (χ1v) is 4.94. The summed E-state index contributed by atoms with van der Waals surface area (Å²) in [4.78, 5) is 11.2. The second-order valence-electron chi connectivity index (χ2n) is 3.97. The summed E-state index contributed by atoms with van der Waals surface area (Å²) in [6.07, 6.45) is 0.778. The summed E-state index contributed by atoms with van der Waals surface area (Å²) in [6, 6.07) is 8.16. The topological polar surface area (TPSA) is 26.3 Å². The standard InChI is InChI=1S/C12H14O2/c1-8-3-5-10(6-4-8)11-7-9(2)12(13)14-11/h3-6,9,11H,7H2,1-2H3/t9-,11-/m0/s1. The van der Waals surface area contributed by atoms with Crippen molar-refractivity contribution in [1.82, 2.24) is 0 Å². The van der Waals surface area contributed by atoms with E-state index in [2.05, 4.69) is 0 Å². The molecule has 0 unspecified atom stereocenters. The number of cyclic esters (lactones) is 1. The van der Waals surface area contributed by atoms with Crippen LogP contribution in [0.15, 0.2) is 24.3 Å². The van der Waals surface area contributed by atoms with Gasteiger partial charge >= 0.3 is 5.97 Å². The van der Waals surface area contributed by atoms with Crippen molar-refractivity contribution in [3.8, 4) is 0 Å². The first-order valence-electron chi connectivity index (χ1n) is 4.94. The van der Waals surface area contributed by atoms with Crippen LogP contribution in [0.1, 0.15) is 30.6 Å². The molecule has 1 heterocycles. The molecule has 14 heavy (non-hydrogen) atoms. The molecule has 0 aliphatic carbocycles. The summed E-state index contributed by atoms with van der Waals surface area (Å²) in [7, 11) is 0. The number of benzene rings is 1. The second-order valence-corrected chi connectivity index (χ2v) is 3.97. The van der Waals surface area contributed by atoms with Gasteiger partial charge in [-0.1, -0.05) is 36.8 Å². The van der Waals surface area contributed by atoms with E-state index in [0.717, 1.165) is 12.0 Å². The molecule has 0 N–H and O–H groups in total. The minimum Gasteiger partial charge on any atom is -0.457 e. The molecule has 1 aromatic rings. The van der Waals surface area contributed by atoms with Gasteiger partial charge in [0.15, 0.2) is 0 Å². The molecular formula is C12H14O2. The van der Waals surface area contributed by atoms with Crippen molar-refractivity contribution >= 4 is 5.97 Å². The van der Waals surface area contributed by atoms with Crippen LogP contribution in [-0.4, -0.2) is 5.97 Å². The predicted octanol–water partition coefficient (Wildman–Crippen LogP) is 2.62. The molecule has 0 bridgehead atoms. The van der Waals surface area contributed by atoms with Gasteiger partial charge in [-0.15, -0.1) is 0 Å². The molecule has 1 aliphatic heterocycles. The van der Waals surface area contributed by atoms with Gasteiger partial charge in [0, 0.05) is 6.42 Å². The number of hydrogen-bond acceptors (Lipinski definition) is 2. The summed E-state index contributed by atoms with van der Waals surface area (Å²) in [6.45, 7) is 3.96. The molecule has 1 fully saturated rings. The van der Waals surface area contributed by atoms with Crippen LogP contribution in [0.5, 0.6) is 0 Å². The lowest BCUT2D eigenvalue weighted by Crippen LogP contribution is -2.01. The van der Waals surface area contributed by atoms with E-state index in [1.807, 2.05) is 38.1 Å². The Morgan fingerprint density at radius 1 is 1.29 bits per heavy atom. The van der Waals surface area contributed by atoms with Gasteiger partial charge in [0.1, 0.15) is 6.10 Å². The van der Waals surface area contributed by atoms with Crippen molar-refractivity contribution in [3.63, 3.8) is 0 Å². The van der Waals surface area contributed by atoms with E-state index in [1.165, 1.54) is 5.56 Å². The molecule has 2 rings (SSSR count). The van der Waals surface area contributed by atoms with Gasteiger partial charge in [0.05, 0.1) is 5.92 Å². The molecule has 0 saturated carbocycles. The second kappa shape index (κ2) is 3.45. The van der Waals surface area contributed by atoms with Crippen LogP contribution < -0.4 is 0 Å². The van der Waals surface area contributed by atoms with Crippen molar-refractivity contribution in [1.29, 1.82) is 0 Å². The number of carbonyl (C=O) groups is 1. The molecule has 0 radical (unpaired) electrons. The lowest BCUT2D eigenvalue weighted by Gasteiger charge is -2.08. The minimum atomic E-state index is -0.0735. The van der Waals surface area contributed by atoms with Gasteiger partial charge in [0.25, 0.3) is 0 Å². The maximum Gasteiger partial charge on any atom is 0.309 e. The Morgan fingerprint density at radius 3 is 2.43 bits per heavy atom. The Kier molecular flexibility index (Phi) is 2.28. The van der Waals surface area contributed by atoms with Gasteiger partial charge in [-0.25, -0.2) is 0 Å². The third-order valence-corrected chi connectivity index (χ3v) is 2.68. The monoisotopic (exact) mass is 190 g/mol. The molecule has 1 aliphatic rings. The molecule has 0 aromatic heterocycles. The summed E-state index contributed by atoms with van der Waals surface area (Å²) >= 11 is 0. The fourth-order valence-electron chi connectivity index (χ4n) is 1.71. The van der Waals surface area contributed by atoms with Crippen molar-refractivity contribution in [3.05, 3.63) is 35.4 Å². The number of hydrogen-bond donors (Lipinski definition) is 0. The smallest absolute Gasteiger partial charge is 0.309 e. The van der Waals surface area contributed by atoms with Crippen molar-refractivity contribution in [2.45, 2.75) is 26.4 Å². The van der Waals surface area contributed by atoms with E-state index < -0.39 is 0 Å². The predicted molar refractivity (Wildman–Crippen MR) is 53.8 cm³/mol. The van der Waals surface area contributed by atoms with Crippen LogP contribution >= 0.6 is 0 Å². The zero-order valence-corrected chi connectivity index (χ0v) is 8.49. The Labute approximate surface area is 83.9 Å². The van der Waals surface area contributed by atoms with Gasteiger partial charge in [0.2, 0.25) is 0 Å². The van der Waals surface area contributed by atoms with Crippen molar-refractivity contribution in [2.24, 2.45) is 5.92 Å². The van der Waals surface area contributed by atoms with Gasteiger partial charge in [-0.3, -0.25) is 4.79 Å². The molecule has 0 spiro atoms. The van der Waals surface area contributed by atoms with E-state index >= 15 is 0 Å². The van der Waals surface area contributed by atoms with E-state index in [9.17, 15) is 4.79 Å². The zero-order chi connectivity index (χ0) is 10.1. The average Bonchev–Trinajstić information content (AvgIpc) is 2.48. The molecule has 1 saturated heterocycles. The van der Waals surface area contributed by atoms with Crippen LogP contribution in [0.4, 0.5) is 0 Å². The number of esters is 1. The highest BCUT2D eigenvalue weighted by atomic mass is 16.5. The first-order chi connectivity index (χ1) is 6.66. The van der Waals surface area contributed by atoms with Crippen LogP contribution in [0, 0.1) is 12.8 Å². The third-order valence-electron chi connectivity index (χ3n) is 2.68. The average molecular weight is 190 g/mol. The third kappa shape index (κ3) is 1.65. The zero-order valence-electron chi connectivity index (χ0n) is 8.49. The Bertz CT molecular complexity index is 340. The van der Waals surface area contributed by atoms with Crippen LogP contribution in [0.25, 0.3) is 0 Å². The lowest BCUT2D eigenvalue weighted by atomic mass is 10.0. The largest absolute Gasteiger partial charge is 0.457 e. The molecule has 2 atom stereocenters. The van der Waals surface area contributed by atoms with E-state index in [4.69, 9.17) is 4.74 Å². The normalized spacial score (nSPS) is 26.3. The Balaban J connectivity index is 2.17. The van der Waals surface area contributed by atoms with Gasteiger partial charge in [-0.2, -0.15) is 0 Å². The fraction of sp³-hybridized carbons (Fsp3) is 0.417. The highest BCUT2D eigenvalue weighted by Gasteiger charge is 2.31. The highest BCUT2D eigenvalue weighted by Crippen LogP contribution is 2.32. The molecule has 1 aromatic carbocycles. The van der Waals surface area contributed by atoms with Crippen LogP contribution in [0.3, 0.4) is 0 Å². The summed E-state index contributed by atoms with van der Waals surface area (Å²) < 4.78 is 5.26. The molecule has 0 amide bonds. The first kappa shape index (κ1) is 9.25.